The van der Waals surface area contributed by atoms with E-state index in [1.54, 1.807) is 7.11 Å². The second-order valence-corrected chi connectivity index (χ2v) is 8.54. The zero-order valence-corrected chi connectivity index (χ0v) is 14.9. The third-order valence-electron chi connectivity index (χ3n) is 5.40. The number of hydrogen-bond acceptors (Lipinski definition) is 6. The van der Waals surface area contributed by atoms with Crippen LogP contribution in [0.15, 0.2) is 12.4 Å². The molecule has 0 N–H and O–H groups in total. The van der Waals surface area contributed by atoms with Gasteiger partial charge in [-0.15, -0.1) is 11.8 Å². The molecule has 3 aliphatic heterocycles. The summed E-state index contributed by atoms with van der Waals surface area (Å²) in [6.07, 6.45) is 8.29. The van der Waals surface area contributed by atoms with E-state index in [1.165, 1.54) is 56.9 Å². The van der Waals surface area contributed by atoms with E-state index in [1.807, 2.05) is 4.90 Å². The normalized spacial score (nSPS) is 26.4. The Morgan fingerprint density at radius 1 is 1.25 bits per heavy atom. The van der Waals surface area contributed by atoms with Gasteiger partial charge in [-0.05, 0) is 32.4 Å². The Balaban J connectivity index is 1.33. The molecule has 7 heteroatoms. The molecule has 4 rings (SSSR count). The number of carbonyl (C=O) groups is 1. The van der Waals surface area contributed by atoms with Crippen LogP contribution in [0, 0.1) is 0 Å². The molecule has 0 saturated carbocycles. The van der Waals surface area contributed by atoms with Crippen molar-refractivity contribution in [2.75, 3.05) is 39.0 Å². The van der Waals surface area contributed by atoms with Crippen molar-refractivity contribution in [3.8, 4) is 5.88 Å². The van der Waals surface area contributed by atoms with Crippen LogP contribution in [0.2, 0.25) is 0 Å². The van der Waals surface area contributed by atoms with Crippen molar-refractivity contribution in [3.63, 3.8) is 0 Å². The Hall–Kier alpha value is -1.34. The number of likely N-dealkylation sites (tertiary alicyclic amines) is 2. The minimum absolute atomic E-state index is 0.0159. The van der Waals surface area contributed by atoms with Crippen molar-refractivity contribution >= 4 is 17.7 Å². The van der Waals surface area contributed by atoms with Crippen LogP contribution >= 0.6 is 11.8 Å². The molecule has 3 fully saturated rings. The van der Waals surface area contributed by atoms with Crippen LogP contribution in [-0.4, -0.2) is 75.5 Å². The average molecular weight is 348 g/mol. The van der Waals surface area contributed by atoms with E-state index in [0.717, 1.165) is 13.1 Å². The quantitative estimate of drug-likeness (QED) is 0.828. The summed E-state index contributed by atoms with van der Waals surface area (Å²) >= 11 is 2.06. The van der Waals surface area contributed by atoms with Crippen LogP contribution in [-0.2, 0) is 0 Å². The first kappa shape index (κ1) is 16.1. The first-order valence-electron chi connectivity index (χ1n) is 8.72. The Morgan fingerprint density at radius 2 is 2.04 bits per heavy atom. The van der Waals surface area contributed by atoms with Crippen LogP contribution in [0.25, 0.3) is 0 Å². The molecule has 0 aromatic carbocycles. The lowest BCUT2D eigenvalue weighted by atomic mass is 9.90. The van der Waals surface area contributed by atoms with Crippen molar-refractivity contribution in [2.45, 2.75) is 36.5 Å². The van der Waals surface area contributed by atoms with Crippen LogP contribution in [0.4, 0.5) is 0 Å². The fraction of sp³-hybridized carbons (Fsp3) is 0.706. The van der Waals surface area contributed by atoms with E-state index in [0.29, 0.717) is 17.6 Å². The van der Waals surface area contributed by atoms with Crippen molar-refractivity contribution in [1.82, 2.24) is 19.8 Å². The van der Waals surface area contributed by atoms with E-state index in [-0.39, 0.29) is 10.7 Å². The number of aromatic nitrogens is 2. The number of thioether (sulfide) groups is 1. The number of piperidine rings is 1. The summed E-state index contributed by atoms with van der Waals surface area (Å²) in [6.45, 7) is 4.19. The number of methoxy groups -OCH3 is 1. The second-order valence-electron chi connectivity index (χ2n) is 7.05. The lowest BCUT2D eigenvalue weighted by Crippen LogP contribution is -2.61. The highest BCUT2D eigenvalue weighted by Crippen LogP contribution is 2.47. The van der Waals surface area contributed by atoms with Gasteiger partial charge in [-0.1, -0.05) is 6.42 Å². The molecule has 3 aliphatic rings. The molecule has 0 aliphatic carbocycles. The minimum Gasteiger partial charge on any atom is -0.480 e. The van der Waals surface area contributed by atoms with Gasteiger partial charge in [-0.3, -0.25) is 9.69 Å². The number of ether oxygens (including phenoxy) is 1. The highest BCUT2D eigenvalue weighted by atomic mass is 32.2. The topological polar surface area (TPSA) is 58.6 Å². The third-order valence-corrected chi connectivity index (χ3v) is 6.99. The van der Waals surface area contributed by atoms with E-state index < -0.39 is 0 Å². The van der Waals surface area contributed by atoms with E-state index >= 15 is 0 Å². The monoisotopic (exact) mass is 348 g/mol. The molecule has 1 unspecified atom stereocenters. The molecule has 1 spiro atoms. The van der Waals surface area contributed by atoms with Gasteiger partial charge in [0.15, 0.2) is 0 Å². The van der Waals surface area contributed by atoms with Gasteiger partial charge in [-0.2, -0.15) is 0 Å². The standard InChI is InChI=1S/C17H24N4O2S/c1-23-15-9-18-14(8-19-15)16(22)21-11-17(12-21)7-13(10-24-17)20-5-3-2-4-6-20/h8-9,13H,2-7,10-12H2,1H3. The summed E-state index contributed by atoms with van der Waals surface area (Å²) in [5.41, 5.74) is 0.404. The lowest BCUT2D eigenvalue weighted by Gasteiger charge is -2.47. The summed E-state index contributed by atoms with van der Waals surface area (Å²) in [5, 5.41) is 0. The number of amides is 1. The van der Waals surface area contributed by atoms with Crippen LogP contribution in [0.3, 0.4) is 0 Å². The van der Waals surface area contributed by atoms with Crippen molar-refractivity contribution in [2.24, 2.45) is 0 Å². The largest absolute Gasteiger partial charge is 0.480 e. The molecule has 24 heavy (non-hydrogen) atoms. The number of hydrogen-bond donors (Lipinski definition) is 0. The van der Waals surface area contributed by atoms with Gasteiger partial charge >= 0.3 is 0 Å². The Kier molecular flexibility index (Phi) is 4.39. The average Bonchev–Trinajstić information content (AvgIpc) is 3.06. The van der Waals surface area contributed by atoms with Crippen LogP contribution < -0.4 is 4.74 Å². The maximum Gasteiger partial charge on any atom is 0.274 e. The molecule has 1 atom stereocenters. The maximum absolute atomic E-state index is 12.5. The molecule has 1 amide bonds. The molecular formula is C17H24N4O2S. The maximum atomic E-state index is 12.5. The van der Waals surface area contributed by atoms with Gasteiger partial charge < -0.3 is 9.64 Å². The number of rotatable bonds is 3. The Bertz CT molecular complexity index is 597. The zero-order chi connectivity index (χ0) is 16.6. The predicted molar refractivity (Wildman–Crippen MR) is 93.5 cm³/mol. The SMILES string of the molecule is COc1cnc(C(=O)N2CC3(CC(N4CCCCC4)CS3)C2)cn1. The highest BCUT2D eigenvalue weighted by Gasteiger charge is 2.51. The van der Waals surface area contributed by atoms with Gasteiger partial charge in [0.1, 0.15) is 5.69 Å². The predicted octanol–water partition coefficient (Wildman–Crippen LogP) is 1.67. The van der Waals surface area contributed by atoms with Gasteiger partial charge in [-0.25, -0.2) is 9.97 Å². The summed E-state index contributed by atoms with van der Waals surface area (Å²) in [4.78, 5) is 25.3. The van der Waals surface area contributed by atoms with Gasteiger partial charge in [0, 0.05) is 24.9 Å². The van der Waals surface area contributed by atoms with Crippen molar-refractivity contribution in [1.29, 1.82) is 0 Å². The summed E-state index contributed by atoms with van der Waals surface area (Å²) in [7, 11) is 1.54. The van der Waals surface area contributed by atoms with E-state index in [9.17, 15) is 4.79 Å². The van der Waals surface area contributed by atoms with E-state index in [4.69, 9.17) is 4.74 Å². The molecule has 3 saturated heterocycles. The second kappa shape index (κ2) is 6.52. The molecule has 130 valence electrons. The Labute approximate surface area is 147 Å². The number of carbonyl (C=O) groups excluding carboxylic acids is 1. The molecule has 1 aromatic heterocycles. The lowest BCUT2D eigenvalue weighted by molar-refractivity contribution is 0.0512. The molecule has 4 heterocycles. The van der Waals surface area contributed by atoms with E-state index in [2.05, 4.69) is 26.6 Å². The molecule has 0 radical (unpaired) electrons. The molecule has 1 aromatic rings. The smallest absolute Gasteiger partial charge is 0.274 e. The summed E-state index contributed by atoms with van der Waals surface area (Å²) in [5.74, 6) is 1.63. The minimum atomic E-state index is -0.0159. The first-order chi connectivity index (χ1) is 11.7. The van der Waals surface area contributed by atoms with Gasteiger partial charge in [0.05, 0.1) is 24.3 Å². The number of nitrogens with zero attached hydrogens (tertiary/aromatic N) is 4. The van der Waals surface area contributed by atoms with Crippen molar-refractivity contribution < 1.29 is 9.53 Å². The fourth-order valence-corrected chi connectivity index (χ4v) is 5.72. The molecule has 0 bridgehead atoms. The van der Waals surface area contributed by atoms with Gasteiger partial charge in [0.2, 0.25) is 5.88 Å². The highest BCUT2D eigenvalue weighted by molar-refractivity contribution is 8.01. The zero-order valence-electron chi connectivity index (χ0n) is 14.1. The van der Waals surface area contributed by atoms with Crippen molar-refractivity contribution in [3.05, 3.63) is 18.1 Å². The Morgan fingerprint density at radius 3 is 2.71 bits per heavy atom. The molecular weight excluding hydrogens is 324 g/mol. The summed E-state index contributed by atoms with van der Waals surface area (Å²) in [6, 6.07) is 0.702. The molecule has 6 nitrogen and oxygen atoms in total. The fourth-order valence-electron chi connectivity index (χ4n) is 4.05. The first-order valence-corrected chi connectivity index (χ1v) is 9.71. The van der Waals surface area contributed by atoms with Crippen LogP contribution in [0.5, 0.6) is 5.88 Å². The summed E-state index contributed by atoms with van der Waals surface area (Å²) < 4.78 is 5.26. The third kappa shape index (κ3) is 2.99. The van der Waals surface area contributed by atoms with Crippen LogP contribution in [0.1, 0.15) is 36.2 Å². The van der Waals surface area contributed by atoms with Gasteiger partial charge in [0.25, 0.3) is 5.91 Å².